The first-order chi connectivity index (χ1) is 9.77. The molecule has 0 unspecified atom stereocenters. The fourth-order valence-corrected chi connectivity index (χ4v) is 2.08. The number of hydrogen-bond donors (Lipinski definition) is 0. The van der Waals surface area contributed by atoms with Gasteiger partial charge in [0, 0.05) is 5.97 Å². The van der Waals surface area contributed by atoms with Gasteiger partial charge in [0.25, 0.3) is 0 Å². The molecule has 0 heterocycles. The van der Waals surface area contributed by atoms with E-state index in [1.807, 2.05) is 0 Å². The van der Waals surface area contributed by atoms with Gasteiger partial charge in [0.1, 0.15) is 0 Å². The SMILES string of the molecule is CCCCC/C=C\C/C=C\CCCCCCCC(=O)[O-].[Na+]. The molecule has 0 atom stereocenters. The molecule has 0 aromatic heterocycles. The molecule has 0 N–H and O–H groups in total. The number of carboxylic acids is 1. The average Bonchev–Trinajstić information content (AvgIpc) is 2.43. The van der Waals surface area contributed by atoms with Gasteiger partial charge in [0.05, 0.1) is 0 Å². The molecular weight excluding hydrogens is 271 g/mol. The number of carboxylic acid groups (broad SMARTS) is 1. The van der Waals surface area contributed by atoms with E-state index in [2.05, 4.69) is 31.2 Å². The third-order valence-electron chi connectivity index (χ3n) is 3.33. The van der Waals surface area contributed by atoms with Gasteiger partial charge in [-0.15, -0.1) is 0 Å². The fourth-order valence-electron chi connectivity index (χ4n) is 2.08. The van der Waals surface area contributed by atoms with E-state index >= 15 is 0 Å². The zero-order chi connectivity index (χ0) is 14.9. The van der Waals surface area contributed by atoms with Gasteiger partial charge in [-0.2, -0.15) is 0 Å². The molecule has 0 aromatic rings. The maximum absolute atomic E-state index is 10.2. The van der Waals surface area contributed by atoms with Crippen LogP contribution in [0, 0.1) is 0 Å². The van der Waals surface area contributed by atoms with E-state index in [1.165, 1.54) is 38.5 Å². The van der Waals surface area contributed by atoms with Gasteiger partial charge in [-0.3, -0.25) is 0 Å². The molecule has 0 aliphatic carbocycles. The van der Waals surface area contributed by atoms with Crippen molar-refractivity contribution in [3.63, 3.8) is 0 Å². The van der Waals surface area contributed by atoms with Crippen LogP contribution in [0.25, 0.3) is 0 Å². The van der Waals surface area contributed by atoms with Crippen LogP contribution in [-0.4, -0.2) is 5.97 Å². The average molecular weight is 302 g/mol. The smallest absolute Gasteiger partial charge is 0.550 e. The second kappa shape index (κ2) is 19.9. The van der Waals surface area contributed by atoms with Gasteiger partial charge in [-0.1, -0.05) is 63.3 Å². The summed E-state index contributed by atoms with van der Waals surface area (Å²) in [6.07, 6.45) is 21.9. The maximum Gasteiger partial charge on any atom is 1.00 e. The number of hydrogen-bond acceptors (Lipinski definition) is 2. The van der Waals surface area contributed by atoms with Gasteiger partial charge in [0.2, 0.25) is 0 Å². The minimum absolute atomic E-state index is 0. The van der Waals surface area contributed by atoms with E-state index in [-0.39, 0.29) is 36.0 Å². The van der Waals surface area contributed by atoms with Crippen LogP contribution in [0.15, 0.2) is 24.3 Å². The van der Waals surface area contributed by atoms with Crippen LogP contribution in [0.4, 0.5) is 0 Å². The van der Waals surface area contributed by atoms with Crippen molar-refractivity contribution in [1.82, 2.24) is 0 Å². The van der Waals surface area contributed by atoms with Crippen molar-refractivity contribution in [3.05, 3.63) is 24.3 Å². The number of aliphatic carboxylic acids is 1. The molecule has 21 heavy (non-hydrogen) atoms. The molecule has 0 aliphatic rings. The number of carbonyl (C=O) groups is 1. The number of carbonyl (C=O) groups excluding carboxylic acids is 1. The van der Waals surface area contributed by atoms with E-state index in [0.717, 1.165) is 32.1 Å². The number of rotatable bonds is 14. The van der Waals surface area contributed by atoms with E-state index in [4.69, 9.17) is 0 Å². The molecule has 0 radical (unpaired) electrons. The number of allylic oxidation sites excluding steroid dienone is 4. The van der Waals surface area contributed by atoms with Crippen molar-refractivity contribution < 1.29 is 39.5 Å². The van der Waals surface area contributed by atoms with Gasteiger partial charge in [-0.05, 0) is 44.9 Å². The van der Waals surface area contributed by atoms with Gasteiger partial charge < -0.3 is 9.90 Å². The molecule has 116 valence electrons. The molecule has 0 amide bonds. The van der Waals surface area contributed by atoms with Crippen LogP contribution in [0.3, 0.4) is 0 Å². The minimum atomic E-state index is -0.921. The van der Waals surface area contributed by atoms with Crippen molar-refractivity contribution in [2.75, 3.05) is 0 Å². The molecule has 0 spiro atoms. The largest absolute Gasteiger partial charge is 1.00 e. The van der Waals surface area contributed by atoms with Crippen LogP contribution >= 0.6 is 0 Å². The first kappa shape index (κ1) is 23.2. The van der Waals surface area contributed by atoms with Gasteiger partial charge >= 0.3 is 29.6 Å². The van der Waals surface area contributed by atoms with E-state index in [1.54, 1.807) is 0 Å². The maximum atomic E-state index is 10.2. The van der Waals surface area contributed by atoms with Crippen LogP contribution in [0.5, 0.6) is 0 Å². The Bertz CT molecular complexity index is 272. The van der Waals surface area contributed by atoms with E-state index in [0.29, 0.717) is 0 Å². The Morgan fingerprint density at radius 2 is 1.33 bits per heavy atom. The molecule has 0 saturated heterocycles. The molecule has 0 fully saturated rings. The fraction of sp³-hybridized carbons (Fsp3) is 0.722. The van der Waals surface area contributed by atoms with Crippen molar-refractivity contribution >= 4 is 5.97 Å². The Morgan fingerprint density at radius 3 is 1.90 bits per heavy atom. The summed E-state index contributed by atoms with van der Waals surface area (Å²) in [5.74, 6) is -0.921. The molecule has 0 aromatic carbocycles. The molecule has 0 rings (SSSR count). The Kier molecular flexibility index (Phi) is 22.1. The Balaban J connectivity index is 0. The van der Waals surface area contributed by atoms with E-state index in [9.17, 15) is 9.90 Å². The summed E-state index contributed by atoms with van der Waals surface area (Å²) in [6, 6.07) is 0. The molecule has 0 aliphatic heterocycles. The normalized spacial score (nSPS) is 11.1. The standard InChI is InChI=1S/C18H32O2.Na/c1-2-3-4-5-6-7-8-9-10-11-12-13-14-15-16-17-18(19)20;/h6-7,9-10H,2-5,8,11-17H2,1H3,(H,19,20);/q;+1/p-1/b7-6-,10-9-;. The summed E-state index contributed by atoms with van der Waals surface area (Å²) in [4.78, 5) is 10.2. The summed E-state index contributed by atoms with van der Waals surface area (Å²) >= 11 is 0. The summed E-state index contributed by atoms with van der Waals surface area (Å²) in [5.41, 5.74) is 0. The number of unbranched alkanes of at least 4 members (excludes halogenated alkanes) is 8. The minimum Gasteiger partial charge on any atom is -0.550 e. The molecule has 0 saturated carbocycles. The Hall–Kier alpha value is -0.0500. The molecule has 0 bridgehead atoms. The van der Waals surface area contributed by atoms with Crippen LogP contribution in [-0.2, 0) is 4.79 Å². The zero-order valence-electron chi connectivity index (χ0n) is 14.1. The summed E-state index contributed by atoms with van der Waals surface area (Å²) in [5, 5.41) is 10.2. The summed E-state index contributed by atoms with van der Waals surface area (Å²) in [7, 11) is 0. The van der Waals surface area contributed by atoms with Crippen molar-refractivity contribution in [2.24, 2.45) is 0 Å². The second-order valence-electron chi connectivity index (χ2n) is 5.35. The zero-order valence-corrected chi connectivity index (χ0v) is 16.1. The van der Waals surface area contributed by atoms with Crippen LogP contribution < -0.4 is 34.7 Å². The first-order valence-corrected chi connectivity index (χ1v) is 8.27. The topological polar surface area (TPSA) is 40.1 Å². The molecule has 2 nitrogen and oxygen atoms in total. The van der Waals surface area contributed by atoms with Crippen molar-refractivity contribution in [1.29, 1.82) is 0 Å². The summed E-state index contributed by atoms with van der Waals surface area (Å²) in [6.45, 7) is 2.23. The first-order valence-electron chi connectivity index (χ1n) is 8.27. The second-order valence-corrected chi connectivity index (χ2v) is 5.35. The van der Waals surface area contributed by atoms with Crippen molar-refractivity contribution in [2.45, 2.75) is 84.0 Å². The molecular formula is C18H31NaO2. The predicted octanol–water partition coefficient (Wildman–Crippen LogP) is 1.55. The predicted molar refractivity (Wildman–Crippen MR) is 84.4 cm³/mol. The Labute approximate surface area is 153 Å². The van der Waals surface area contributed by atoms with Gasteiger partial charge in [-0.25, -0.2) is 0 Å². The monoisotopic (exact) mass is 302 g/mol. The summed E-state index contributed by atoms with van der Waals surface area (Å²) < 4.78 is 0. The third-order valence-corrected chi connectivity index (χ3v) is 3.33. The quantitative estimate of drug-likeness (QED) is 0.277. The molecule has 3 heteroatoms. The van der Waals surface area contributed by atoms with Gasteiger partial charge in [0.15, 0.2) is 0 Å². The van der Waals surface area contributed by atoms with E-state index < -0.39 is 5.97 Å². The van der Waals surface area contributed by atoms with Crippen LogP contribution in [0.2, 0.25) is 0 Å². The van der Waals surface area contributed by atoms with Crippen LogP contribution in [0.1, 0.15) is 84.0 Å². The third kappa shape index (κ3) is 22.4. The Morgan fingerprint density at radius 1 is 0.810 bits per heavy atom. The van der Waals surface area contributed by atoms with Crippen molar-refractivity contribution in [3.8, 4) is 0 Å².